The summed E-state index contributed by atoms with van der Waals surface area (Å²) < 4.78 is 0.988. The van der Waals surface area contributed by atoms with Gasteiger partial charge < -0.3 is 34.2 Å². The molecule has 0 spiro atoms. The molecule has 156 valence electrons. The summed E-state index contributed by atoms with van der Waals surface area (Å²) in [6.07, 6.45) is 3.89. The van der Waals surface area contributed by atoms with Crippen molar-refractivity contribution < 1.29 is 38.0 Å². The minimum Gasteiger partial charge on any atom is -1.00 e. The average molecular weight is 545 g/mol. The van der Waals surface area contributed by atoms with E-state index < -0.39 is 0 Å². The van der Waals surface area contributed by atoms with E-state index in [0.717, 1.165) is 39.9 Å². The quantitative estimate of drug-likeness (QED) is 0.437. The van der Waals surface area contributed by atoms with Crippen LogP contribution in [-0.4, -0.2) is 35.8 Å². The molecule has 3 atom stereocenters. The van der Waals surface area contributed by atoms with Gasteiger partial charge in [-0.3, -0.25) is 9.59 Å². The molecule has 2 bridgehead atoms. The van der Waals surface area contributed by atoms with Crippen molar-refractivity contribution in [3.05, 3.63) is 55.7 Å². The van der Waals surface area contributed by atoms with Gasteiger partial charge in [0.2, 0.25) is 5.91 Å². The molecule has 1 unspecified atom stereocenters. The highest BCUT2D eigenvalue weighted by Gasteiger charge is 2.52. The molecular weight excluding hydrogens is 519 g/mol. The van der Waals surface area contributed by atoms with Crippen molar-refractivity contribution in [3.8, 4) is 0 Å². The summed E-state index contributed by atoms with van der Waals surface area (Å²) in [7, 11) is 2.30. The predicted molar refractivity (Wildman–Crippen MR) is 113 cm³/mol. The number of likely N-dealkylation sites (N-methyl/N-ethyl adjacent to an activating group) is 1. The van der Waals surface area contributed by atoms with Gasteiger partial charge >= 0.3 is 0 Å². The highest BCUT2D eigenvalue weighted by Crippen LogP contribution is 2.52. The monoisotopic (exact) mass is 544 g/mol. The lowest BCUT2D eigenvalue weighted by molar-refractivity contribution is -0.949. The highest BCUT2D eigenvalue weighted by atomic mass is 127. The number of benzene rings is 1. The van der Waals surface area contributed by atoms with Gasteiger partial charge in [-0.05, 0) is 24.6 Å². The standard InChI is InChI=1S/C22H25ClN2O2S.HI/c1-3-25(2)15-8-9-17(25)20-18(11-15)28-19(21(20)22(24)27)12-16(26)10-13-4-6-14(23)7-5-13;/h4-7,15,17H,3,8-12H2,1-2H3,(H-,24,27);1H/t15-,17?,25+;/m1./s1. The maximum Gasteiger partial charge on any atom is 0.250 e. The Balaban J connectivity index is 0.00000240. The number of carbonyl (C=O) groups excluding carboxylic acids is 2. The molecule has 1 fully saturated rings. The number of ketones is 1. The van der Waals surface area contributed by atoms with Gasteiger partial charge in [-0.25, -0.2) is 0 Å². The number of primary amides is 1. The van der Waals surface area contributed by atoms with E-state index in [9.17, 15) is 9.59 Å². The Morgan fingerprint density at radius 1 is 1.21 bits per heavy atom. The average Bonchev–Trinajstić information content (AvgIpc) is 3.09. The fourth-order valence-electron chi connectivity index (χ4n) is 5.15. The Labute approximate surface area is 198 Å². The number of hydrogen-bond acceptors (Lipinski definition) is 3. The van der Waals surface area contributed by atoms with Crippen molar-refractivity contribution >= 4 is 34.6 Å². The molecule has 3 heterocycles. The molecule has 1 saturated heterocycles. The molecule has 2 aromatic rings. The third-order valence-electron chi connectivity index (χ3n) is 6.77. The molecule has 2 N–H and O–H groups in total. The summed E-state index contributed by atoms with van der Waals surface area (Å²) in [5, 5.41) is 0.658. The molecule has 0 aliphatic carbocycles. The first-order valence-corrected chi connectivity index (χ1v) is 11.1. The molecule has 0 saturated carbocycles. The summed E-state index contributed by atoms with van der Waals surface area (Å²) in [6.45, 7) is 3.27. The van der Waals surface area contributed by atoms with Crippen molar-refractivity contribution in [1.82, 2.24) is 0 Å². The molecule has 1 aromatic carbocycles. The van der Waals surface area contributed by atoms with Crippen molar-refractivity contribution in [2.75, 3.05) is 13.6 Å². The summed E-state index contributed by atoms with van der Waals surface area (Å²) in [5.41, 5.74) is 8.53. The molecule has 2 aliphatic heterocycles. The zero-order valence-corrected chi connectivity index (χ0v) is 20.4. The number of quaternary nitrogens is 1. The smallest absolute Gasteiger partial charge is 0.250 e. The van der Waals surface area contributed by atoms with Crippen molar-refractivity contribution in [1.29, 1.82) is 0 Å². The lowest BCUT2D eigenvalue weighted by atomic mass is 9.92. The molecular formula is C22H26ClIN2O2S. The van der Waals surface area contributed by atoms with Crippen LogP contribution < -0.4 is 29.7 Å². The topological polar surface area (TPSA) is 60.2 Å². The van der Waals surface area contributed by atoms with Crippen molar-refractivity contribution in [2.24, 2.45) is 5.73 Å². The van der Waals surface area contributed by atoms with E-state index in [-0.39, 0.29) is 42.1 Å². The first kappa shape index (κ1) is 22.7. The lowest BCUT2D eigenvalue weighted by Gasteiger charge is -2.44. The number of nitrogens with two attached hydrogens (primary N) is 1. The number of nitrogens with zero attached hydrogens (tertiary/aromatic N) is 1. The van der Waals surface area contributed by atoms with Gasteiger partial charge in [-0.15, -0.1) is 11.3 Å². The Morgan fingerprint density at radius 2 is 1.90 bits per heavy atom. The number of Topliss-reactive ketones (excluding diaryl/α,β-unsaturated/α-hetero) is 1. The first-order valence-electron chi connectivity index (χ1n) is 9.88. The van der Waals surface area contributed by atoms with E-state index in [4.69, 9.17) is 17.3 Å². The maximum absolute atomic E-state index is 12.7. The number of carbonyl (C=O) groups is 2. The van der Waals surface area contributed by atoms with Crippen LogP contribution in [0.3, 0.4) is 0 Å². The minimum absolute atomic E-state index is 0. The minimum atomic E-state index is -0.389. The van der Waals surface area contributed by atoms with Gasteiger partial charge in [-0.2, -0.15) is 0 Å². The summed E-state index contributed by atoms with van der Waals surface area (Å²) in [4.78, 5) is 27.2. The van der Waals surface area contributed by atoms with Gasteiger partial charge in [0.1, 0.15) is 11.8 Å². The second-order valence-corrected chi connectivity index (χ2v) is 9.86. The summed E-state index contributed by atoms with van der Waals surface area (Å²) >= 11 is 7.56. The zero-order chi connectivity index (χ0) is 20.1. The molecule has 1 amide bonds. The number of thiophene rings is 1. The molecule has 4 nitrogen and oxygen atoms in total. The van der Waals surface area contributed by atoms with E-state index in [1.807, 2.05) is 12.1 Å². The third kappa shape index (κ3) is 4.01. The number of halogens is 2. The number of rotatable bonds is 6. The van der Waals surface area contributed by atoms with Crippen LogP contribution in [0.15, 0.2) is 24.3 Å². The number of hydrogen-bond donors (Lipinski definition) is 1. The molecule has 0 radical (unpaired) electrons. The lowest BCUT2D eigenvalue weighted by Crippen LogP contribution is -3.00. The SMILES string of the molecule is CC[N@+]1(C)C2CC[C@@H]1Cc1sc(CC(=O)Cc3ccc(Cl)cc3)c(C(N)=O)c12.[I-]. The normalized spacial score (nSPS) is 24.7. The zero-order valence-electron chi connectivity index (χ0n) is 16.7. The molecule has 2 aliphatic rings. The van der Waals surface area contributed by atoms with Gasteiger partial charge in [0.15, 0.2) is 0 Å². The van der Waals surface area contributed by atoms with Crippen LogP contribution >= 0.6 is 22.9 Å². The fourth-order valence-corrected chi connectivity index (χ4v) is 6.74. The molecule has 7 heteroatoms. The van der Waals surface area contributed by atoms with Crippen LogP contribution in [0.4, 0.5) is 0 Å². The van der Waals surface area contributed by atoms with E-state index in [1.165, 1.54) is 11.3 Å². The van der Waals surface area contributed by atoms with E-state index >= 15 is 0 Å². The van der Waals surface area contributed by atoms with Crippen LogP contribution in [0.25, 0.3) is 0 Å². The van der Waals surface area contributed by atoms with E-state index in [1.54, 1.807) is 23.5 Å². The number of amides is 1. The van der Waals surface area contributed by atoms with Crippen molar-refractivity contribution in [2.45, 2.75) is 51.1 Å². The predicted octanol–water partition coefficient (Wildman–Crippen LogP) is 1.08. The molecule has 4 rings (SSSR count). The van der Waals surface area contributed by atoms with Gasteiger partial charge in [0, 0.05) is 52.4 Å². The molecule has 1 aromatic heterocycles. The largest absolute Gasteiger partial charge is 1.00 e. The Bertz CT molecular complexity index is 943. The second kappa shape index (κ2) is 8.65. The van der Waals surface area contributed by atoms with Gasteiger partial charge in [0.05, 0.1) is 25.2 Å². The molecule has 29 heavy (non-hydrogen) atoms. The Morgan fingerprint density at radius 3 is 2.52 bits per heavy atom. The first-order chi connectivity index (χ1) is 13.3. The summed E-state index contributed by atoms with van der Waals surface area (Å²) in [5.74, 6) is -0.291. The van der Waals surface area contributed by atoms with Crippen LogP contribution in [0.1, 0.15) is 57.0 Å². The Kier molecular flexibility index (Phi) is 6.78. The second-order valence-electron chi connectivity index (χ2n) is 8.23. The highest BCUT2D eigenvalue weighted by molar-refractivity contribution is 7.12. The Hall–Kier alpha value is -0.960. The van der Waals surface area contributed by atoms with Crippen LogP contribution in [0.5, 0.6) is 0 Å². The fraction of sp³-hybridized carbons (Fsp3) is 0.455. The maximum atomic E-state index is 12.7. The third-order valence-corrected chi connectivity index (χ3v) is 8.25. The van der Waals surface area contributed by atoms with Crippen LogP contribution in [0.2, 0.25) is 5.02 Å². The summed E-state index contributed by atoms with van der Waals surface area (Å²) in [6, 6.07) is 8.28. The van der Waals surface area contributed by atoms with Gasteiger partial charge in [0.25, 0.3) is 0 Å². The van der Waals surface area contributed by atoms with Gasteiger partial charge in [-0.1, -0.05) is 23.7 Å². The van der Waals surface area contributed by atoms with Crippen LogP contribution in [0, 0.1) is 0 Å². The van der Waals surface area contributed by atoms with Crippen molar-refractivity contribution in [3.63, 3.8) is 0 Å². The van der Waals surface area contributed by atoms with E-state index in [2.05, 4.69) is 14.0 Å². The number of fused-ring (bicyclic) bond motifs is 4. The van der Waals surface area contributed by atoms with E-state index in [0.29, 0.717) is 29.1 Å². The van der Waals surface area contributed by atoms with Crippen LogP contribution in [-0.2, 0) is 24.1 Å².